The van der Waals surface area contributed by atoms with Crippen LogP contribution in [-0.4, -0.2) is 42.2 Å². The zero-order chi connectivity index (χ0) is 13.2. The van der Waals surface area contributed by atoms with E-state index < -0.39 is 0 Å². The Bertz CT molecular complexity index is 340. The fourth-order valence-electron chi connectivity index (χ4n) is 1.64. The second-order valence-corrected chi connectivity index (χ2v) is 4.03. The van der Waals surface area contributed by atoms with Crippen LogP contribution in [0.3, 0.4) is 0 Å². The van der Waals surface area contributed by atoms with Gasteiger partial charge in [0.25, 0.3) is 0 Å². The third-order valence-corrected chi connectivity index (χ3v) is 2.66. The Morgan fingerprint density at radius 2 is 2.06 bits per heavy atom. The van der Waals surface area contributed by atoms with Crippen LogP contribution >= 0.6 is 0 Å². The van der Waals surface area contributed by atoms with Gasteiger partial charge in [0.1, 0.15) is 6.61 Å². The molecule has 0 bridgehead atoms. The van der Waals surface area contributed by atoms with Gasteiger partial charge < -0.3 is 14.7 Å². The van der Waals surface area contributed by atoms with Crippen molar-refractivity contribution in [2.24, 2.45) is 0 Å². The molecule has 1 N–H and O–H groups in total. The van der Waals surface area contributed by atoms with Crippen molar-refractivity contribution in [1.29, 1.82) is 0 Å². The van der Waals surface area contributed by atoms with Gasteiger partial charge in [-0.2, -0.15) is 0 Å². The molecule has 4 heteroatoms. The summed E-state index contributed by atoms with van der Waals surface area (Å²) in [5, 5.41) is 8.75. The monoisotopic (exact) mass is 251 g/mol. The van der Waals surface area contributed by atoms with Crippen molar-refractivity contribution < 1.29 is 14.6 Å². The molecular weight excluding hydrogens is 230 g/mol. The van der Waals surface area contributed by atoms with Crippen molar-refractivity contribution in [2.75, 3.05) is 26.3 Å². The highest BCUT2D eigenvalue weighted by molar-refractivity contribution is 5.77. The Kier molecular flexibility index (Phi) is 7.06. The van der Waals surface area contributed by atoms with Crippen molar-refractivity contribution >= 4 is 5.91 Å². The fraction of sp³-hybridized carbons (Fsp3) is 0.500. The lowest BCUT2D eigenvalue weighted by Gasteiger charge is -2.20. The van der Waals surface area contributed by atoms with E-state index in [-0.39, 0.29) is 19.1 Å². The summed E-state index contributed by atoms with van der Waals surface area (Å²) in [5.41, 5.74) is 1.06. The van der Waals surface area contributed by atoms with Gasteiger partial charge in [-0.25, -0.2) is 0 Å². The summed E-state index contributed by atoms with van der Waals surface area (Å²) in [5.74, 6) is -0.0260. The number of hydrogen-bond acceptors (Lipinski definition) is 3. The topological polar surface area (TPSA) is 49.8 Å². The van der Waals surface area contributed by atoms with E-state index in [4.69, 9.17) is 9.84 Å². The molecule has 1 aromatic rings. The first kappa shape index (κ1) is 14.7. The highest BCUT2D eigenvalue weighted by atomic mass is 16.5. The molecule has 0 aromatic heterocycles. The summed E-state index contributed by atoms with van der Waals surface area (Å²) < 4.78 is 5.39. The molecule has 0 aliphatic heterocycles. The maximum absolute atomic E-state index is 11.8. The summed E-state index contributed by atoms with van der Waals surface area (Å²) in [6, 6.07) is 9.77. The number of benzene rings is 1. The van der Waals surface area contributed by atoms with Gasteiger partial charge in [0.2, 0.25) is 5.91 Å². The number of ether oxygens (including phenoxy) is 1. The van der Waals surface area contributed by atoms with E-state index in [9.17, 15) is 4.79 Å². The SMILES string of the molecule is CCN(CCCO)C(=O)COCc1ccccc1. The van der Waals surface area contributed by atoms with Crippen LogP contribution in [0.5, 0.6) is 0 Å². The highest BCUT2D eigenvalue weighted by Gasteiger charge is 2.10. The second kappa shape index (κ2) is 8.66. The molecule has 0 atom stereocenters. The third-order valence-electron chi connectivity index (χ3n) is 2.66. The van der Waals surface area contributed by atoms with Gasteiger partial charge in [0, 0.05) is 19.7 Å². The molecule has 18 heavy (non-hydrogen) atoms. The summed E-state index contributed by atoms with van der Waals surface area (Å²) in [6.45, 7) is 3.80. The third kappa shape index (κ3) is 5.29. The van der Waals surface area contributed by atoms with Crippen LogP contribution in [0.1, 0.15) is 18.9 Å². The minimum absolute atomic E-state index is 0.0260. The second-order valence-electron chi connectivity index (χ2n) is 4.03. The van der Waals surface area contributed by atoms with Crippen LogP contribution in [0.2, 0.25) is 0 Å². The molecule has 1 amide bonds. The number of likely N-dealkylation sites (N-methyl/N-ethyl adjacent to an activating group) is 1. The van der Waals surface area contributed by atoms with Crippen molar-refractivity contribution in [2.45, 2.75) is 20.0 Å². The molecule has 1 rings (SSSR count). The van der Waals surface area contributed by atoms with Crippen LogP contribution in [-0.2, 0) is 16.1 Å². The van der Waals surface area contributed by atoms with Crippen LogP contribution in [0.25, 0.3) is 0 Å². The zero-order valence-corrected chi connectivity index (χ0v) is 10.8. The molecule has 100 valence electrons. The number of carbonyl (C=O) groups excluding carboxylic acids is 1. The molecule has 4 nitrogen and oxygen atoms in total. The van der Waals surface area contributed by atoms with Gasteiger partial charge in [0.15, 0.2) is 0 Å². The standard InChI is InChI=1S/C14H21NO3/c1-2-15(9-6-10-16)14(17)12-18-11-13-7-4-3-5-8-13/h3-5,7-8,16H,2,6,9-12H2,1H3. The quantitative estimate of drug-likeness (QED) is 0.760. The van der Waals surface area contributed by atoms with Crippen LogP contribution in [0, 0.1) is 0 Å². The molecule has 0 fully saturated rings. The van der Waals surface area contributed by atoms with Crippen LogP contribution in [0.4, 0.5) is 0 Å². The predicted molar refractivity (Wildman–Crippen MR) is 70.1 cm³/mol. The van der Waals surface area contributed by atoms with Gasteiger partial charge in [-0.05, 0) is 18.9 Å². The number of rotatable bonds is 8. The van der Waals surface area contributed by atoms with Gasteiger partial charge >= 0.3 is 0 Å². The molecule has 0 aliphatic carbocycles. The minimum Gasteiger partial charge on any atom is -0.396 e. The van der Waals surface area contributed by atoms with Crippen molar-refractivity contribution in [3.63, 3.8) is 0 Å². The van der Waals surface area contributed by atoms with Crippen molar-refractivity contribution in [1.82, 2.24) is 4.90 Å². The molecular formula is C14H21NO3. The first-order chi connectivity index (χ1) is 8.77. The summed E-state index contributed by atoms with van der Waals surface area (Å²) in [4.78, 5) is 13.5. The zero-order valence-electron chi connectivity index (χ0n) is 10.8. The lowest BCUT2D eigenvalue weighted by Crippen LogP contribution is -2.35. The Morgan fingerprint density at radius 1 is 1.33 bits per heavy atom. The van der Waals surface area contributed by atoms with E-state index in [1.165, 1.54) is 0 Å². The number of aliphatic hydroxyl groups excluding tert-OH is 1. The lowest BCUT2D eigenvalue weighted by molar-refractivity contribution is -0.136. The van der Waals surface area contributed by atoms with E-state index >= 15 is 0 Å². The van der Waals surface area contributed by atoms with Gasteiger partial charge in [0.05, 0.1) is 6.61 Å². The minimum atomic E-state index is -0.0260. The first-order valence-corrected chi connectivity index (χ1v) is 6.28. The Morgan fingerprint density at radius 3 is 2.67 bits per heavy atom. The van der Waals surface area contributed by atoms with E-state index in [0.717, 1.165) is 5.56 Å². The largest absolute Gasteiger partial charge is 0.396 e. The van der Waals surface area contributed by atoms with Gasteiger partial charge in [-0.3, -0.25) is 4.79 Å². The number of carbonyl (C=O) groups is 1. The molecule has 0 spiro atoms. The molecule has 1 aromatic carbocycles. The van der Waals surface area contributed by atoms with E-state index in [2.05, 4.69) is 0 Å². The molecule has 0 heterocycles. The van der Waals surface area contributed by atoms with Crippen molar-refractivity contribution in [3.8, 4) is 0 Å². The normalized spacial score (nSPS) is 10.3. The lowest BCUT2D eigenvalue weighted by atomic mass is 10.2. The van der Waals surface area contributed by atoms with Gasteiger partial charge in [-0.15, -0.1) is 0 Å². The number of aliphatic hydroxyl groups is 1. The van der Waals surface area contributed by atoms with Crippen LogP contribution in [0.15, 0.2) is 30.3 Å². The molecule has 0 saturated carbocycles. The molecule has 0 saturated heterocycles. The average Bonchev–Trinajstić information content (AvgIpc) is 2.41. The smallest absolute Gasteiger partial charge is 0.248 e. The van der Waals surface area contributed by atoms with Gasteiger partial charge in [-0.1, -0.05) is 30.3 Å². The molecule has 0 unspecified atom stereocenters. The number of hydrogen-bond donors (Lipinski definition) is 1. The fourth-order valence-corrected chi connectivity index (χ4v) is 1.64. The van der Waals surface area contributed by atoms with Crippen molar-refractivity contribution in [3.05, 3.63) is 35.9 Å². The Labute approximate surface area is 108 Å². The molecule has 0 radical (unpaired) electrons. The van der Waals surface area contributed by atoms with E-state index in [1.807, 2.05) is 37.3 Å². The first-order valence-electron chi connectivity index (χ1n) is 6.28. The summed E-state index contributed by atoms with van der Waals surface area (Å²) in [7, 11) is 0. The number of amides is 1. The predicted octanol–water partition coefficient (Wildman–Crippen LogP) is 1.43. The Hall–Kier alpha value is -1.39. The van der Waals surface area contributed by atoms with E-state index in [1.54, 1.807) is 4.90 Å². The van der Waals surface area contributed by atoms with Crippen LogP contribution < -0.4 is 0 Å². The molecule has 0 aliphatic rings. The Balaban J connectivity index is 2.27. The summed E-state index contributed by atoms with van der Waals surface area (Å²) >= 11 is 0. The summed E-state index contributed by atoms with van der Waals surface area (Å²) in [6.07, 6.45) is 0.609. The number of nitrogens with zero attached hydrogens (tertiary/aromatic N) is 1. The maximum Gasteiger partial charge on any atom is 0.248 e. The maximum atomic E-state index is 11.8. The average molecular weight is 251 g/mol. The highest BCUT2D eigenvalue weighted by Crippen LogP contribution is 2.01. The van der Waals surface area contributed by atoms with E-state index in [0.29, 0.717) is 26.1 Å².